The third-order valence-electron chi connectivity index (χ3n) is 2.35. The van der Waals surface area contributed by atoms with E-state index in [1.807, 2.05) is 0 Å². The number of nitrogens with zero attached hydrogens (tertiary/aromatic N) is 1. The van der Waals surface area contributed by atoms with Gasteiger partial charge in [0.1, 0.15) is 0 Å². The Balaban J connectivity index is 2.45. The number of hydrogen-bond donors (Lipinski definition) is 2. The van der Waals surface area contributed by atoms with Gasteiger partial charge in [0.05, 0.1) is 6.04 Å². The summed E-state index contributed by atoms with van der Waals surface area (Å²) in [6.45, 7) is 2.52. The molecule has 0 radical (unpaired) electrons. The number of hydrogen-bond acceptors (Lipinski definition) is 3. The van der Waals surface area contributed by atoms with E-state index in [-0.39, 0.29) is 11.9 Å². The molecule has 1 atom stereocenters. The molecule has 1 aliphatic rings. The minimum Gasteiger partial charge on any atom is -0.368 e. The van der Waals surface area contributed by atoms with E-state index >= 15 is 0 Å². The van der Waals surface area contributed by atoms with Crippen LogP contribution in [0.4, 0.5) is 0 Å². The van der Waals surface area contributed by atoms with Gasteiger partial charge in [-0.05, 0) is 38.9 Å². The van der Waals surface area contributed by atoms with Crippen molar-refractivity contribution in [3.63, 3.8) is 0 Å². The summed E-state index contributed by atoms with van der Waals surface area (Å²) >= 11 is 0. The molecule has 70 valence electrons. The van der Waals surface area contributed by atoms with E-state index in [9.17, 15) is 4.79 Å². The monoisotopic (exact) mass is 171 g/mol. The Labute approximate surface area is 72.9 Å². The summed E-state index contributed by atoms with van der Waals surface area (Å²) < 4.78 is 0. The second-order valence-corrected chi connectivity index (χ2v) is 3.24. The lowest BCUT2D eigenvalue weighted by atomic mass is 10.2. The van der Waals surface area contributed by atoms with Gasteiger partial charge in [0.25, 0.3) is 0 Å². The molecule has 0 aromatic rings. The van der Waals surface area contributed by atoms with Gasteiger partial charge in [-0.25, -0.2) is 0 Å². The quantitative estimate of drug-likeness (QED) is 0.586. The molecule has 1 heterocycles. The van der Waals surface area contributed by atoms with E-state index in [1.165, 1.54) is 12.8 Å². The smallest absolute Gasteiger partial charge is 0.234 e. The second-order valence-electron chi connectivity index (χ2n) is 3.24. The molecule has 1 amide bonds. The number of carbonyl (C=O) groups is 1. The van der Waals surface area contributed by atoms with Gasteiger partial charge in [0, 0.05) is 0 Å². The summed E-state index contributed by atoms with van der Waals surface area (Å²) in [4.78, 5) is 13.1. The predicted octanol–water partition coefficient (Wildman–Crippen LogP) is -0.715. The van der Waals surface area contributed by atoms with Crippen LogP contribution in [0, 0.1) is 0 Å². The maximum atomic E-state index is 11.0. The van der Waals surface area contributed by atoms with Gasteiger partial charge in [0.2, 0.25) is 5.91 Å². The van der Waals surface area contributed by atoms with Gasteiger partial charge in [-0.15, -0.1) is 0 Å². The van der Waals surface area contributed by atoms with Gasteiger partial charge in [-0.2, -0.15) is 0 Å². The van der Waals surface area contributed by atoms with Gasteiger partial charge in [-0.3, -0.25) is 9.69 Å². The average Bonchev–Trinajstić information content (AvgIpc) is 2.51. The molecule has 0 aromatic carbocycles. The van der Waals surface area contributed by atoms with Crippen molar-refractivity contribution < 1.29 is 4.79 Å². The lowest BCUT2D eigenvalue weighted by Crippen LogP contribution is -2.44. The predicted molar refractivity (Wildman–Crippen MR) is 47.5 cm³/mol. The number of amides is 1. The van der Waals surface area contributed by atoms with Crippen molar-refractivity contribution in [1.29, 1.82) is 0 Å². The Kier molecular flexibility index (Phi) is 3.49. The molecule has 1 rings (SSSR count). The molecule has 12 heavy (non-hydrogen) atoms. The van der Waals surface area contributed by atoms with E-state index in [2.05, 4.69) is 4.90 Å². The highest BCUT2D eigenvalue weighted by Crippen LogP contribution is 2.13. The van der Waals surface area contributed by atoms with Crippen molar-refractivity contribution in [3.8, 4) is 0 Å². The first-order chi connectivity index (χ1) is 5.75. The molecule has 1 fully saturated rings. The zero-order valence-electron chi connectivity index (χ0n) is 7.33. The second kappa shape index (κ2) is 4.42. The highest BCUT2D eigenvalue weighted by atomic mass is 16.1. The van der Waals surface area contributed by atoms with Gasteiger partial charge >= 0.3 is 0 Å². The molecular formula is C8H17N3O. The lowest BCUT2D eigenvalue weighted by molar-refractivity contribution is -0.123. The molecule has 0 aromatic heterocycles. The molecule has 4 N–H and O–H groups in total. The van der Waals surface area contributed by atoms with Crippen molar-refractivity contribution in [3.05, 3.63) is 0 Å². The summed E-state index contributed by atoms with van der Waals surface area (Å²) in [5, 5.41) is 0. The number of nitrogens with two attached hydrogens (primary N) is 2. The molecule has 0 bridgehead atoms. The van der Waals surface area contributed by atoms with Crippen molar-refractivity contribution in [2.45, 2.75) is 25.3 Å². The van der Waals surface area contributed by atoms with Crippen LogP contribution in [0.5, 0.6) is 0 Å². The summed E-state index contributed by atoms with van der Waals surface area (Å²) in [7, 11) is 0. The molecule has 1 unspecified atom stereocenters. The topological polar surface area (TPSA) is 72.3 Å². The van der Waals surface area contributed by atoms with Crippen molar-refractivity contribution >= 4 is 5.91 Å². The summed E-state index contributed by atoms with van der Waals surface area (Å²) in [5.74, 6) is -0.234. The number of likely N-dealkylation sites (tertiary alicyclic amines) is 1. The van der Waals surface area contributed by atoms with E-state index in [1.54, 1.807) is 0 Å². The highest BCUT2D eigenvalue weighted by molar-refractivity contribution is 5.79. The fourth-order valence-electron chi connectivity index (χ4n) is 1.72. The Morgan fingerprint density at radius 1 is 1.42 bits per heavy atom. The molecule has 0 aliphatic carbocycles. The van der Waals surface area contributed by atoms with Crippen molar-refractivity contribution in [2.75, 3.05) is 19.6 Å². The number of carbonyl (C=O) groups excluding carboxylic acids is 1. The first-order valence-corrected chi connectivity index (χ1v) is 4.49. The standard InChI is InChI=1S/C8H17N3O/c9-4-3-7(8(10)12)11-5-1-2-6-11/h7H,1-6,9H2,(H2,10,12). The Morgan fingerprint density at radius 2 is 2.00 bits per heavy atom. The van der Waals surface area contributed by atoms with Crippen LogP contribution >= 0.6 is 0 Å². The molecule has 0 spiro atoms. The fraction of sp³-hybridized carbons (Fsp3) is 0.875. The molecule has 4 nitrogen and oxygen atoms in total. The van der Waals surface area contributed by atoms with Gasteiger partial charge < -0.3 is 11.5 Å². The van der Waals surface area contributed by atoms with Gasteiger partial charge in [0.15, 0.2) is 0 Å². The summed E-state index contributed by atoms with van der Waals surface area (Å²) in [5.41, 5.74) is 10.7. The molecule has 0 saturated carbocycles. The normalized spacial score (nSPS) is 21.1. The fourth-order valence-corrected chi connectivity index (χ4v) is 1.72. The third-order valence-corrected chi connectivity index (χ3v) is 2.35. The minimum absolute atomic E-state index is 0.127. The van der Waals surface area contributed by atoms with Gasteiger partial charge in [-0.1, -0.05) is 0 Å². The number of primary amides is 1. The zero-order valence-corrected chi connectivity index (χ0v) is 7.33. The Morgan fingerprint density at radius 3 is 2.42 bits per heavy atom. The first-order valence-electron chi connectivity index (χ1n) is 4.49. The SMILES string of the molecule is NCCC(C(N)=O)N1CCCC1. The van der Waals surface area contributed by atoms with Crippen LogP contribution in [0.15, 0.2) is 0 Å². The van der Waals surface area contributed by atoms with Crippen molar-refractivity contribution in [1.82, 2.24) is 4.90 Å². The maximum absolute atomic E-state index is 11.0. The summed E-state index contributed by atoms with van der Waals surface area (Å²) in [6, 6.07) is -0.127. The highest BCUT2D eigenvalue weighted by Gasteiger charge is 2.25. The van der Waals surface area contributed by atoms with Crippen LogP contribution in [-0.2, 0) is 4.79 Å². The number of rotatable bonds is 4. The zero-order chi connectivity index (χ0) is 8.97. The largest absolute Gasteiger partial charge is 0.368 e. The van der Waals surface area contributed by atoms with Crippen molar-refractivity contribution in [2.24, 2.45) is 11.5 Å². The molecule has 4 heteroatoms. The summed E-state index contributed by atoms with van der Waals surface area (Å²) in [6.07, 6.45) is 3.04. The van der Waals surface area contributed by atoms with Crippen LogP contribution in [0.2, 0.25) is 0 Å². The van der Waals surface area contributed by atoms with E-state index < -0.39 is 0 Å². The minimum atomic E-state index is -0.234. The Hall–Kier alpha value is -0.610. The van der Waals surface area contributed by atoms with Crippen LogP contribution in [0.25, 0.3) is 0 Å². The average molecular weight is 171 g/mol. The van der Waals surface area contributed by atoms with E-state index in [0.29, 0.717) is 13.0 Å². The third kappa shape index (κ3) is 2.19. The van der Waals surface area contributed by atoms with Crippen LogP contribution in [0.3, 0.4) is 0 Å². The molecule has 1 saturated heterocycles. The maximum Gasteiger partial charge on any atom is 0.234 e. The first kappa shape index (κ1) is 9.48. The molecule has 1 aliphatic heterocycles. The van der Waals surface area contributed by atoms with E-state index in [4.69, 9.17) is 11.5 Å². The van der Waals surface area contributed by atoms with Crippen LogP contribution < -0.4 is 11.5 Å². The van der Waals surface area contributed by atoms with Crippen LogP contribution in [-0.4, -0.2) is 36.5 Å². The van der Waals surface area contributed by atoms with E-state index in [0.717, 1.165) is 13.1 Å². The lowest BCUT2D eigenvalue weighted by Gasteiger charge is -2.23. The Bertz CT molecular complexity index is 154. The van der Waals surface area contributed by atoms with Crippen LogP contribution in [0.1, 0.15) is 19.3 Å². The molecular weight excluding hydrogens is 154 g/mol.